The highest BCUT2D eigenvalue weighted by Crippen LogP contribution is 2.41. The van der Waals surface area contributed by atoms with Crippen LogP contribution in [0.15, 0.2) is 23.7 Å². The molecule has 2 saturated heterocycles. The molecule has 4 heterocycles. The van der Waals surface area contributed by atoms with Gasteiger partial charge >= 0.3 is 0 Å². The number of hydrogen-bond acceptors (Lipinski definition) is 4. The molecule has 3 atom stereocenters. The maximum absolute atomic E-state index is 12.7. The Labute approximate surface area is 139 Å². The van der Waals surface area contributed by atoms with Crippen molar-refractivity contribution in [2.75, 3.05) is 13.1 Å². The second kappa shape index (κ2) is 5.76. The molecule has 0 spiro atoms. The molecule has 0 N–H and O–H groups in total. The van der Waals surface area contributed by atoms with Crippen LogP contribution in [0.2, 0.25) is 0 Å². The van der Waals surface area contributed by atoms with E-state index in [1.807, 2.05) is 41.8 Å². The zero-order valence-corrected chi connectivity index (χ0v) is 14.3. The Balaban J connectivity index is 1.45. The van der Waals surface area contributed by atoms with Crippen LogP contribution in [0.1, 0.15) is 40.1 Å². The molecular formula is C17H21N3O2S. The van der Waals surface area contributed by atoms with Crippen molar-refractivity contribution in [1.82, 2.24) is 14.5 Å². The van der Waals surface area contributed by atoms with Crippen LogP contribution in [0.3, 0.4) is 0 Å². The van der Waals surface area contributed by atoms with Crippen LogP contribution in [-0.2, 0) is 11.8 Å². The average Bonchev–Trinajstić information content (AvgIpc) is 3.24. The average molecular weight is 331 g/mol. The number of piperidine rings is 1. The summed E-state index contributed by atoms with van der Waals surface area (Å²) in [7, 11) is 1.91. The first kappa shape index (κ1) is 14.9. The summed E-state index contributed by atoms with van der Waals surface area (Å²) >= 11 is 1.68. The maximum atomic E-state index is 12.7. The second-order valence-corrected chi connectivity index (χ2v) is 7.42. The summed E-state index contributed by atoms with van der Waals surface area (Å²) in [5.41, 5.74) is 1.80. The maximum Gasteiger partial charge on any atom is 0.270 e. The third kappa shape index (κ3) is 2.70. The lowest BCUT2D eigenvalue weighted by molar-refractivity contribution is -0.00476. The van der Waals surface area contributed by atoms with Crippen molar-refractivity contribution in [2.45, 2.75) is 32.0 Å². The predicted octanol–water partition coefficient (Wildman–Crippen LogP) is 2.78. The molecule has 2 aliphatic rings. The fourth-order valence-electron chi connectivity index (χ4n) is 3.64. The number of amides is 1. The molecule has 2 aliphatic heterocycles. The number of fused-ring (bicyclic) bond motifs is 1. The van der Waals surface area contributed by atoms with Gasteiger partial charge in [0.05, 0.1) is 6.10 Å². The van der Waals surface area contributed by atoms with E-state index in [1.54, 1.807) is 11.3 Å². The van der Waals surface area contributed by atoms with Gasteiger partial charge in [0.2, 0.25) is 0 Å². The first-order chi connectivity index (χ1) is 11.1. The molecule has 2 aromatic heterocycles. The molecule has 0 bridgehead atoms. The van der Waals surface area contributed by atoms with Crippen molar-refractivity contribution in [1.29, 1.82) is 0 Å². The van der Waals surface area contributed by atoms with Crippen molar-refractivity contribution in [3.63, 3.8) is 0 Å². The van der Waals surface area contributed by atoms with E-state index < -0.39 is 0 Å². The van der Waals surface area contributed by atoms with Crippen molar-refractivity contribution < 1.29 is 9.53 Å². The predicted molar refractivity (Wildman–Crippen MR) is 88.5 cm³/mol. The molecule has 1 amide bonds. The standard InChI is InChI=1S/C17H21N3O2S/c1-11-10-23-16(18-11)14-8-12-5-7-20(9-15(12)22-14)17(21)13-4-3-6-19(13)2/h3-4,6,10,12,14-15H,5,7-9H2,1-2H3/t12-,14-,15+/m0/s1. The Bertz CT molecular complexity index is 723. The molecule has 6 heteroatoms. The number of hydrogen-bond donors (Lipinski definition) is 0. The highest BCUT2D eigenvalue weighted by Gasteiger charge is 2.41. The summed E-state index contributed by atoms with van der Waals surface area (Å²) in [6.07, 6.45) is 4.20. The van der Waals surface area contributed by atoms with Gasteiger partial charge < -0.3 is 14.2 Å². The van der Waals surface area contributed by atoms with Gasteiger partial charge in [0.25, 0.3) is 5.91 Å². The van der Waals surface area contributed by atoms with E-state index in [1.165, 1.54) is 0 Å². The number of carbonyl (C=O) groups is 1. The molecule has 0 saturated carbocycles. The van der Waals surface area contributed by atoms with Crippen molar-refractivity contribution in [3.05, 3.63) is 40.1 Å². The Kier molecular flexibility index (Phi) is 3.73. The summed E-state index contributed by atoms with van der Waals surface area (Å²) in [6.45, 7) is 3.52. The zero-order chi connectivity index (χ0) is 16.0. The Morgan fingerprint density at radius 1 is 1.48 bits per heavy atom. The number of nitrogens with zero attached hydrogens (tertiary/aromatic N) is 3. The summed E-state index contributed by atoms with van der Waals surface area (Å²) < 4.78 is 8.12. The van der Waals surface area contributed by atoms with Crippen molar-refractivity contribution in [3.8, 4) is 0 Å². The Morgan fingerprint density at radius 3 is 3.04 bits per heavy atom. The molecule has 122 valence electrons. The summed E-state index contributed by atoms with van der Waals surface area (Å²) in [5, 5.41) is 3.16. The van der Waals surface area contributed by atoms with E-state index in [-0.39, 0.29) is 18.1 Å². The minimum absolute atomic E-state index is 0.105. The fraction of sp³-hybridized carbons (Fsp3) is 0.529. The molecule has 2 fully saturated rings. The normalized spacial score (nSPS) is 27.2. The van der Waals surface area contributed by atoms with Crippen LogP contribution in [0.25, 0.3) is 0 Å². The smallest absolute Gasteiger partial charge is 0.270 e. The monoisotopic (exact) mass is 331 g/mol. The van der Waals surface area contributed by atoms with Gasteiger partial charge in [-0.25, -0.2) is 4.98 Å². The second-order valence-electron chi connectivity index (χ2n) is 6.53. The lowest BCUT2D eigenvalue weighted by Crippen LogP contribution is -2.45. The zero-order valence-electron chi connectivity index (χ0n) is 13.4. The number of aromatic nitrogens is 2. The van der Waals surface area contributed by atoms with E-state index in [0.717, 1.165) is 35.8 Å². The number of thiazole rings is 1. The van der Waals surface area contributed by atoms with Crippen molar-refractivity contribution >= 4 is 17.2 Å². The highest BCUT2D eigenvalue weighted by atomic mass is 32.1. The minimum atomic E-state index is 0.105. The van der Waals surface area contributed by atoms with Gasteiger partial charge in [-0.2, -0.15) is 0 Å². The molecule has 0 unspecified atom stereocenters. The molecule has 2 aromatic rings. The lowest BCUT2D eigenvalue weighted by Gasteiger charge is -2.34. The molecule has 5 nitrogen and oxygen atoms in total. The van der Waals surface area contributed by atoms with Gasteiger partial charge in [0, 0.05) is 37.4 Å². The van der Waals surface area contributed by atoms with Crippen LogP contribution >= 0.6 is 11.3 Å². The van der Waals surface area contributed by atoms with Gasteiger partial charge in [-0.1, -0.05) is 0 Å². The highest BCUT2D eigenvalue weighted by molar-refractivity contribution is 7.09. The topological polar surface area (TPSA) is 47.4 Å². The van der Waals surface area contributed by atoms with Gasteiger partial charge in [-0.3, -0.25) is 4.79 Å². The largest absolute Gasteiger partial charge is 0.366 e. The summed E-state index contributed by atoms with van der Waals surface area (Å²) in [6, 6.07) is 3.79. The van der Waals surface area contributed by atoms with E-state index in [9.17, 15) is 4.79 Å². The van der Waals surface area contributed by atoms with Gasteiger partial charge in [0.1, 0.15) is 16.8 Å². The van der Waals surface area contributed by atoms with Crippen molar-refractivity contribution in [2.24, 2.45) is 13.0 Å². The summed E-state index contributed by atoms with van der Waals surface area (Å²) in [5.74, 6) is 0.648. The van der Waals surface area contributed by atoms with Crippen LogP contribution in [0, 0.1) is 12.8 Å². The van der Waals surface area contributed by atoms with Crippen LogP contribution in [-0.4, -0.2) is 39.6 Å². The van der Waals surface area contributed by atoms with Crippen LogP contribution < -0.4 is 0 Å². The number of carbonyl (C=O) groups excluding carboxylic acids is 1. The summed E-state index contributed by atoms with van der Waals surface area (Å²) in [4.78, 5) is 19.2. The third-order valence-corrected chi connectivity index (χ3v) is 5.97. The number of likely N-dealkylation sites (tertiary alicyclic amines) is 1. The van der Waals surface area contributed by atoms with E-state index in [4.69, 9.17) is 4.74 Å². The fourth-order valence-corrected chi connectivity index (χ4v) is 4.48. The number of ether oxygens (including phenoxy) is 1. The number of aryl methyl sites for hydroxylation is 2. The van der Waals surface area contributed by atoms with Gasteiger partial charge in [-0.05, 0) is 37.8 Å². The minimum Gasteiger partial charge on any atom is -0.366 e. The lowest BCUT2D eigenvalue weighted by atomic mass is 9.91. The molecule has 0 radical (unpaired) electrons. The first-order valence-electron chi connectivity index (χ1n) is 8.10. The van der Waals surface area contributed by atoms with E-state index in [0.29, 0.717) is 12.5 Å². The molecule has 4 rings (SSSR count). The third-order valence-electron chi connectivity index (χ3n) is 4.91. The molecule has 0 aromatic carbocycles. The van der Waals surface area contributed by atoms with Crippen LogP contribution in [0.5, 0.6) is 0 Å². The number of rotatable bonds is 2. The SMILES string of the molecule is Cc1csc([C@@H]2C[C@@H]3CCN(C(=O)c4cccn4C)C[C@H]3O2)n1. The van der Waals surface area contributed by atoms with Gasteiger partial charge in [-0.15, -0.1) is 11.3 Å². The Morgan fingerprint density at radius 2 is 2.35 bits per heavy atom. The Hall–Kier alpha value is -1.66. The molecule has 0 aliphatic carbocycles. The quantitative estimate of drug-likeness (QED) is 0.850. The van der Waals surface area contributed by atoms with Crippen LogP contribution in [0.4, 0.5) is 0 Å². The van der Waals surface area contributed by atoms with Gasteiger partial charge in [0.15, 0.2) is 0 Å². The van der Waals surface area contributed by atoms with E-state index >= 15 is 0 Å². The first-order valence-corrected chi connectivity index (χ1v) is 8.98. The van der Waals surface area contributed by atoms with E-state index in [2.05, 4.69) is 10.4 Å². The molecule has 23 heavy (non-hydrogen) atoms. The molecular weight excluding hydrogens is 310 g/mol.